The minimum Gasteiger partial charge on any atom is -0.472 e. The Morgan fingerprint density at radius 1 is 1.21 bits per heavy atom. The van der Waals surface area contributed by atoms with Crippen LogP contribution in [0.25, 0.3) is 0 Å². The van der Waals surface area contributed by atoms with Crippen molar-refractivity contribution in [2.24, 2.45) is 5.14 Å². The Labute approximate surface area is 110 Å². The fraction of sp³-hybridized carbons (Fsp3) is 0.0833. The van der Waals surface area contributed by atoms with Gasteiger partial charge in [-0.25, -0.2) is 13.6 Å². The second kappa shape index (κ2) is 5.25. The molecule has 7 heteroatoms. The molecule has 1 aromatic carbocycles. The van der Waals surface area contributed by atoms with Gasteiger partial charge in [-0.2, -0.15) is 0 Å². The molecule has 0 aliphatic heterocycles. The molecule has 2 rings (SSSR count). The number of amides is 1. The summed E-state index contributed by atoms with van der Waals surface area (Å²) in [6.07, 6.45) is 2.76. The van der Waals surface area contributed by atoms with E-state index in [1.165, 1.54) is 24.7 Å². The predicted molar refractivity (Wildman–Crippen MR) is 67.7 cm³/mol. The van der Waals surface area contributed by atoms with Gasteiger partial charge in [0.05, 0.1) is 16.7 Å². The van der Waals surface area contributed by atoms with E-state index in [1.54, 1.807) is 18.2 Å². The molecule has 0 bridgehead atoms. The van der Waals surface area contributed by atoms with E-state index in [1.807, 2.05) is 0 Å². The monoisotopic (exact) mass is 280 g/mol. The van der Waals surface area contributed by atoms with Crippen molar-refractivity contribution in [3.63, 3.8) is 0 Å². The van der Waals surface area contributed by atoms with Crippen LogP contribution in [0.1, 0.15) is 15.9 Å². The first-order valence-corrected chi connectivity index (χ1v) is 6.93. The molecule has 0 atom stereocenters. The van der Waals surface area contributed by atoms with Crippen molar-refractivity contribution >= 4 is 15.9 Å². The lowest BCUT2D eigenvalue weighted by molar-refractivity contribution is 0.0950. The Balaban J connectivity index is 1.99. The first-order chi connectivity index (χ1) is 8.97. The van der Waals surface area contributed by atoms with Crippen LogP contribution in [0.5, 0.6) is 0 Å². The summed E-state index contributed by atoms with van der Waals surface area (Å²) in [5.74, 6) is -0.260. The predicted octanol–water partition coefficient (Wildman–Crippen LogP) is 0.857. The third-order valence-electron chi connectivity index (χ3n) is 2.49. The Kier molecular flexibility index (Phi) is 3.68. The number of carbonyl (C=O) groups is 1. The molecule has 3 N–H and O–H groups in total. The molecule has 100 valence electrons. The van der Waals surface area contributed by atoms with Gasteiger partial charge in [0.2, 0.25) is 10.0 Å². The molecule has 0 fully saturated rings. The summed E-state index contributed by atoms with van der Waals surface area (Å²) < 4.78 is 26.9. The Morgan fingerprint density at radius 3 is 2.42 bits per heavy atom. The lowest BCUT2D eigenvalue weighted by Crippen LogP contribution is -2.22. The molecular formula is C12H12N2O4S. The molecule has 0 spiro atoms. The first-order valence-electron chi connectivity index (χ1n) is 5.39. The van der Waals surface area contributed by atoms with Gasteiger partial charge >= 0.3 is 0 Å². The van der Waals surface area contributed by atoms with Crippen molar-refractivity contribution in [2.45, 2.75) is 11.4 Å². The highest BCUT2D eigenvalue weighted by atomic mass is 32.2. The van der Waals surface area contributed by atoms with E-state index in [0.717, 1.165) is 5.56 Å². The quantitative estimate of drug-likeness (QED) is 0.866. The van der Waals surface area contributed by atoms with E-state index in [-0.39, 0.29) is 17.3 Å². The summed E-state index contributed by atoms with van der Waals surface area (Å²) in [4.78, 5) is 11.7. The molecule has 1 heterocycles. The average molecular weight is 280 g/mol. The number of hydrogen-bond acceptors (Lipinski definition) is 4. The van der Waals surface area contributed by atoms with E-state index in [9.17, 15) is 13.2 Å². The maximum atomic E-state index is 11.6. The number of nitrogens with one attached hydrogen (secondary N) is 1. The molecule has 0 saturated heterocycles. The second-order valence-electron chi connectivity index (χ2n) is 3.88. The summed E-state index contributed by atoms with van der Waals surface area (Å²) in [6.45, 7) is 0.287. The summed E-state index contributed by atoms with van der Waals surface area (Å²) in [5, 5.41) is 7.67. The number of hydrogen-bond donors (Lipinski definition) is 2. The van der Waals surface area contributed by atoms with Gasteiger partial charge in [0, 0.05) is 6.54 Å². The third-order valence-corrected chi connectivity index (χ3v) is 3.42. The fourth-order valence-corrected chi connectivity index (χ4v) is 1.99. The number of rotatable bonds is 4. The third kappa shape index (κ3) is 3.43. The molecule has 0 aliphatic carbocycles. The van der Waals surface area contributed by atoms with Gasteiger partial charge in [0.1, 0.15) is 6.26 Å². The van der Waals surface area contributed by atoms with Gasteiger partial charge < -0.3 is 9.73 Å². The molecular weight excluding hydrogens is 268 g/mol. The van der Waals surface area contributed by atoms with E-state index < -0.39 is 10.0 Å². The summed E-state index contributed by atoms with van der Waals surface area (Å²) in [5.41, 5.74) is 1.20. The van der Waals surface area contributed by atoms with Gasteiger partial charge in [0.25, 0.3) is 5.91 Å². The fourth-order valence-electron chi connectivity index (χ4n) is 1.48. The number of nitrogens with two attached hydrogens (primary N) is 1. The maximum absolute atomic E-state index is 11.6. The van der Waals surface area contributed by atoms with E-state index in [4.69, 9.17) is 9.56 Å². The number of primary sulfonamides is 1. The number of carbonyl (C=O) groups excluding carboxylic acids is 1. The van der Waals surface area contributed by atoms with Crippen LogP contribution in [-0.2, 0) is 16.6 Å². The standard InChI is InChI=1S/C12H12N2O4S/c13-19(16,17)11-3-1-9(2-4-11)7-14-12(15)10-5-6-18-8-10/h1-6,8H,7H2,(H,14,15)(H2,13,16,17). The van der Waals surface area contributed by atoms with Crippen LogP contribution >= 0.6 is 0 Å². The van der Waals surface area contributed by atoms with Crippen LogP contribution in [0.4, 0.5) is 0 Å². The highest BCUT2D eigenvalue weighted by Gasteiger charge is 2.08. The van der Waals surface area contributed by atoms with Crippen molar-refractivity contribution in [1.82, 2.24) is 5.32 Å². The highest BCUT2D eigenvalue weighted by molar-refractivity contribution is 7.89. The molecule has 0 aliphatic rings. The molecule has 1 amide bonds. The van der Waals surface area contributed by atoms with Crippen LogP contribution in [0.2, 0.25) is 0 Å². The first kappa shape index (κ1) is 13.3. The zero-order valence-corrected chi connectivity index (χ0v) is 10.7. The number of sulfonamides is 1. The minimum absolute atomic E-state index is 0.0393. The van der Waals surface area contributed by atoms with Gasteiger partial charge in [-0.15, -0.1) is 0 Å². The van der Waals surface area contributed by atoms with E-state index in [2.05, 4.69) is 5.32 Å². The van der Waals surface area contributed by atoms with Gasteiger partial charge in [-0.1, -0.05) is 12.1 Å². The van der Waals surface area contributed by atoms with Crippen molar-refractivity contribution in [2.75, 3.05) is 0 Å². The molecule has 19 heavy (non-hydrogen) atoms. The Hall–Kier alpha value is -2.12. The average Bonchev–Trinajstić information content (AvgIpc) is 2.89. The molecule has 0 radical (unpaired) electrons. The Morgan fingerprint density at radius 2 is 1.89 bits per heavy atom. The molecule has 0 unspecified atom stereocenters. The lowest BCUT2D eigenvalue weighted by Gasteiger charge is -2.04. The molecule has 1 aromatic heterocycles. The molecule has 2 aromatic rings. The summed E-state index contributed by atoms with van der Waals surface area (Å²) in [6, 6.07) is 7.54. The van der Waals surface area contributed by atoms with Crippen LogP contribution in [0, 0.1) is 0 Å². The van der Waals surface area contributed by atoms with Gasteiger partial charge in [0.15, 0.2) is 0 Å². The van der Waals surface area contributed by atoms with Gasteiger partial charge in [-0.05, 0) is 23.8 Å². The van der Waals surface area contributed by atoms with Crippen molar-refractivity contribution in [3.05, 3.63) is 54.0 Å². The zero-order chi connectivity index (χ0) is 13.9. The molecule has 6 nitrogen and oxygen atoms in total. The topological polar surface area (TPSA) is 102 Å². The van der Waals surface area contributed by atoms with Crippen molar-refractivity contribution in [1.29, 1.82) is 0 Å². The Bertz CT molecular complexity index is 660. The largest absolute Gasteiger partial charge is 0.472 e. The second-order valence-corrected chi connectivity index (χ2v) is 5.45. The van der Waals surface area contributed by atoms with Crippen molar-refractivity contribution < 1.29 is 17.6 Å². The van der Waals surface area contributed by atoms with Crippen LogP contribution < -0.4 is 10.5 Å². The minimum atomic E-state index is -3.69. The zero-order valence-electron chi connectivity index (χ0n) is 9.87. The number of benzene rings is 1. The van der Waals surface area contributed by atoms with Crippen LogP contribution in [-0.4, -0.2) is 14.3 Å². The van der Waals surface area contributed by atoms with Crippen LogP contribution in [0.3, 0.4) is 0 Å². The van der Waals surface area contributed by atoms with E-state index >= 15 is 0 Å². The summed E-state index contributed by atoms with van der Waals surface area (Å²) >= 11 is 0. The highest BCUT2D eigenvalue weighted by Crippen LogP contribution is 2.09. The van der Waals surface area contributed by atoms with Gasteiger partial charge in [-0.3, -0.25) is 4.79 Å². The van der Waals surface area contributed by atoms with Crippen LogP contribution in [0.15, 0.2) is 52.2 Å². The molecule has 0 saturated carbocycles. The smallest absolute Gasteiger partial charge is 0.254 e. The normalized spacial score (nSPS) is 11.2. The lowest BCUT2D eigenvalue weighted by atomic mass is 10.2. The number of furan rings is 1. The van der Waals surface area contributed by atoms with E-state index in [0.29, 0.717) is 5.56 Å². The SMILES string of the molecule is NS(=O)(=O)c1ccc(CNC(=O)c2ccoc2)cc1. The summed E-state index contributed by atoms with van der Waals surface area (Å²) in [7, 11) is -3.69. The maximum Gasteiger partial charge on any atom is 0.254 e. The van der Waals surface area contributed by atoms with Crippen molar-refractivity contribution in [3.8, 4) is 0 Å².